The molecule has 2 aromatic rings. The molecule has 0 radical (unpaired) electrons. The summed E-state index contributed by atoms with van der Waals surface area (Å²) < 4.78 is 42.4. The lowest BCUT2D eigenvalue weighted by Crippen LogP contribution is -2.41. The third kappa shape index (κ3) is 3.96. The number of carbonyl (C=O) groups excluding carboxylic acids is 1. The number of aromatic nitrogens is 1. The molecule has 0 fully saturated rings. The molecule has 3 rings (SSSR count). The Bertz CT molecular complexity index is 922. The highest BCUT2D eigenvalue weighted by atomic mass is 32.2. The summed E-state index contributed by atoms with van der Waals surface area (Å²) in [5.74, 6) is -0.231. The zero-order valence-electron chi connectivity index (χ0n) is 14.8. The molecule has 0 bridgehead atoms. The number of sulfonamides is 1. The maximum absolute atomic E-state index is 13.2. The highest BCUT2D eigenvalue weighted by Gasteiger charge is 2.28. The molecule has 0 aliphatic carbocycles. The van der Waals surface area contributed by atoms with Crippen molar-refractivity contribution in [1.82, 2.24) is 14.2 Å². The largest absolute Gasteiger partial charge is 0.340 e. The van der Waals surface area contributed by atoms with Crippen molar-refractivity contribution in [2.24, 2.45) is 5.92 Å². The number of nitrogens with one attached hydrogen (secondary N) is 1. The van der Waals surface area contributed by atoms with Crippen molar-refractivity contribution in [1.29, 1.82) is 0 Å². The smallest absolute Gasteiger partial charge is 0.270 e. The molecule has 1 amide bonds. The SMILES string of the molecule is CC(C)CN1CCn2cc(S(=O)(=O)NCc3cccc(F)c3)cc2C1=O. The van der Waals surface area contributed by atoms with Crippen LogP contribution in [0, 0.1) is 11.7 Å². The molecule has 1 aromatic heterocycles. The second-order valence-electron chi connectivity index (χ2n) is 6.85. The van der Waals surface area contributed by atoms with Gasteiger partial charge in [0.1, 0.15) is 16.4 Å². The first-order valence-corrected chi connectivity index (χ1v) is 9.98. The van der Waals surface area contributed by atoms with Gasteiger partial charge in [-0.3, -0.25) is 4.79 Å². The fraction of sp³-hybridized carbons (Fsp3) is 0.389. The predicted octanol–water partition coefficient (Wildman–Crippen LogP) is 2.22. The molecule has 2 heterocycles. The van der Waals surface area contributed by atoms with Crippen molar-refractivity contribution < 1.29 is 17.6 Å². The molecule has 1 aliphatic heterocycles. The van der Waals surface area contributed by atoms with E-state index < -0.39 is 15.8 Å². The van der Waals surface area contributed by atoms with Crippen molar-refractivity contribution in [3.63, 3.8) is 0 Å². The summed E-state index contributed by atoms with van der Waals surface area (Å²) in [7, 11) is -3.79. The number of rotatable bonds is 6. The molecule has 0 spiro atoms. The summed E-state index contributed by atoms with van der Waals surface area (Å²) in [6, 6.07) is 7.15. The lowest BCUT2D eigenvalue weighted by Gasteiger charge is -2.29. The van der Waals surface area contributed by atoms with Crippen LogP contribution in [-0.4, -0.2) is 36.9 Å². The van der Waals surface area contributed by atoms with E-state index in [2.05, 4.69) is 4.72 Å². The highest BCUT2D eigenvalue weighted by Crippen LogP contribution is 2.21. The normalized spacial score (nSPS) is 14.8. The number of fused-ring (bicyclic) bond motifs is 1. The summed E-state index contributed by atoms with van der Waals surface area (Å²) in [6.45, 7) is 5.82. The van der Waals surface area contributed by atoms with Crippen LogP contribution in [0.5, 0.6) is 0 Å². The average Bonchev–Trinajstić information content (AvgIpc) is 3.02. The van der Waals surface area contributed by atoms with E-state index in [4.69, 9.17) is 0 Å². The van der Waals surface area contributed by atoms with Crippen LogP contribution in [0.4, 0.5) is 4.39 Å². The predicted molar refractivity (Wildman–Crippen MR) is 95.6 cm³/mol. The van der Waals surface area contributed by atoms with E-state index in [9.17, 15) is 17.6 Å². The topological polar surface area (TPSA) is 71.4 Å². The number of halogens is 1. The van der Waals surface area contributed by atoms with Gasteiger partial charge in [-0.2, -0.15) is 0 Å². The lowest BCUT2D eigenvalue weighted by molar-refractivity contribution is 0.0683. The zero-order chi connectivity index (χ0) is 18.9. The van der Waals surface area contributed by atoms with Crippen LogP contribution in [0.1, 0.15) is 29.9 Å². The molecular formula is C18H22FN3O3S. The first-order valence-electron chi connectivity index (χ1n) is 8.50. The Morgan fingerprint density at radius 2 is 2.00 bits per heavy atom. The van der Waals surface area contributed by atoms with Crippen molar-refractivity contribution in [3.8, 4) is 0 Å². The van der Waals surface area contributed by atoms with E-state index >= 15 is 0 Å². The number of amides is 1. The Hall–Kier alpha value is -2.19. The number of hydrogen-bond donors (Lipinski definition) is 1. The van der Waals surface area contributed by atoms with Crippen molar-refractivity contribution in [2.75, 3.05) is 13.1 Å². The van der Waals surface area contributed by atoms with Gasteiger partial charge >= 0.3 is 0 Å². The third-order valence-electron chi connectivity index (χ3n) is 4.24. The molecule has 140 valence electrons. The van der Waals surface area contributed by atoms with Gasteiger partial charge in [0, 0.05) is 32.4 Å². The Labute approximate surface area is 152 Å². The van der Waals surface area contributed by atoms with E-state index in [1.807, 2.05) is 13.8 Å². The molecule has 0 saturated heterocycles. The number of hydrogen-bond acceptors (Lipinski definition) is 3. The first kappa shape index (κ1) is 18.6. The minimum atomic E-state index is -3.79. The quantitative estimate of drug-likeness (QED) is 0.837. The molecular weight excluding hydrogens is 357 g/mol. The molecule has 0 saturated carbocycles. The van der Waals surface area contributed by atoms with E-state index in [0.29, 0.717) is 36.8 Å². The molecule has 26 heavy (non-hydrogen) atoms. The summed E-state index contributed by atoms with van der Waals surface area (Å²) in [5, 5.41) is 0. The summed E-state index contributed by atoms with van der Waals surface area (Å²) in [4.78, 5) is 14.3. The van der Waals surface area contributed by atoms with Gasteiger partial charge in [0.25, 0.3) is 5.91 Å². The molecule has 1 aliphatic rings. The monoisotopic (exact) mass is 379 g/mol. The average molecular weight is 379 g/mol. The van der Waals surface area contributed by atoms with E-state index in [0.717, 1.165) is 0 Å². The molecule has 0 unspecified atom stereocenters. The molecule has 0 atom stereocenters. The fourth-order valence-electron chi connectivity index (χ4n) is 3.01. The second kappa shape index (κ2) is 7.20. The van der Waals surface area contributed by atoms with Gasteiger partial charge in [-0.25, -0.2) is 17.5 Å². The molecule has 1 aromatic carbocycles. The standard InChI is InChI=1S/C18H22FN3O3S/c1-13(2)11-22-7-6-21-12-16(9-17(21)18(22)23)26(24,25)20-10-14-4-3-5-15(19)8-14/h3-5,8-9,12-13,20H,6-7,10-11H2,1-2H3. The van der Waals surface area contributed by atoms with Gasteiger partial charge < -0.3 is 9.47 Å². The summed E-state index contributed by atoms with van der Waals surface area (Å²) in [6.07, 6.45) is 1.48. The maximum atomic E-state index is 13.2. The Morgan fingerprint density at radius 3 is 2.69 bits per heavy atom. The molecule has 6 nitrogen and oxygen atoms in total. The van der Waals surface area contributed by atoms with Crippen molar-refractivity contribution in [3.05, 3.63) is 53.6 Å². The van der Waals surface area contributed by atoms with E-state index in [1.165, 1.54) is 30.5 Å². The Kier molecular flexibility index (Phi) is 5.15. The Balaban J connectivity index is 1.77. The maximum Gasteiger partial charge on any atom is 0.270 e. The van der Waals surface area contributed by atoms with Gasteiger partial charge in [-0.1, -0.05) is 26.0 Å². The van der Waals surface area contributed by atoms with Crippen LogP contribution in [0.3, 0.4) is 0 Å². The van der Waals surface area contributed by atoms with Crippen LogP contribution >= 0.6 is 0 Å². The first-order chi connectivity index (χ1) is 12.3. The number of nitrogens with zero attached hydrogens (tertiary/aromatic N) is 2. The highest BCUT2D eigenvalue weighted by molar-refractivity contribution is 7.89. The van der Waals surface area contributed by atoms with Crippen molar-refractivity contribution >= 4 is 15.9 Å². The van der Waals surface area contributed by atoms with Gasteiger partial charge in [0.05, 0.1) is 0 Å². The van der Waals surface area contributed by atoms with E-state index in [1.54, 1.807) is 15.5 Å². The van der Waals surface area contributed by atoms with Crippen LogP contribution in [0.2, 0.25) is 0 Å². The fourth-order valence-corrected chi connectivity index (χ4v) is 4.07. The lowest BCUT2D eigenvalue weighted by atomic mass is 10.2. The minimum Gasteiger partial charge on any atom is -0.340 e. The Morgan fingerprint density at radius 1 is 1.23 bits per heavy atom. The zero-order valence-corrected chi connectivity index (χ0v) is 15.6. The third-order valence-corrected chi connectivity index (χ3v) is 5.61. The number of carbonyl (C=O) groups is 1. The van der Waals surface area contributed by atoms with Gasteiger partial charge in [0.2, 0.25) is 10.0 Å². The van der Waals surface area contributed by atoms with Gasteiger partial charge in [-0.15, -0.1) is 0 Å². The van der Waals surface area contributed by atoms with Crippen LogP contribution in [0.25, 0.3) is 0 Å². The van der Waals surface area contributed by atoms with Gasteiger partial charge in [0.15, 0.2) is 0 Å². The van der Waals surface area contributed by atoms with Crippen LogP contribution in [-0.2, 0) is 23.1 Å². The minimum absolute atomic E-state index is 0.0198. The van der Waals surface area contributed by atoms with Crippen molar-refractivity contribution in [2.45, 2.75) is 31.8 Å². The van der Waals surface area contributed by atoms with Crippen LogP contribution < -0.4 is 4.72 Å². The van der Waals surface area contributed by atoms with E-state index in [-0.39, 0.29) is 17.3 Å². The summed E-state index contributed by atoms with van der Waals surface area (Å²) >= 11 is 0. The van der Waals surface area contributed by atoms with Crippen LogP contribution in [0.15, 0.2) is 41.4 Å². The molecule has 8 heteroatoms. The number of benzene rings is 1. The van der Waals surface area contributed by atoms with Gasteiger partial charge in [-0.05, 0) is 29.7 Å². The summed E-state index contributed by atoms with van der Waals surface area (Å²) in [5.41, 5.74) is 0.903. The second-order valence-corrected chi connectivity index (χ2v) is 8.62. The molecule has 1 N–H and O–H groups in total.